The molecule has 0 aromatic rings. The van der Waals surface area contributed by atoms with Gasteiger partial charge in [-0.3, -0.25) is 4.79 Å². The molecule has 0 fully saturated rings. The first-order valence-electron chi connectivity index (χ1n) is 5.39. The molecule has 0 aliphatic rings. The second-order valence-corrected chi connectivity index (χ2v) is 7.66. The Morgan fingerprint density at radius 2 is 1.75 bits per heavy atom. The molecular formula is C11H23NO3S. The van der Waals surface area contributed by atoms with E-state index >= 15 is 0 Å². The summed E-state index contributed by atoms with van der Waals surface area (Å²) >= 11 is -1.13. The third-order valence-corrected chi connectivity index (χ3v) is 3.12. The van der Waals surface area contributed by atoms with Crippen LogP contribution >= 0.6 is 0 Å². The van der Waals surface area contributed by atoms with E-state index < -0.39 is 17.0 Å². The zero-order valence-corrected chi connectivity index (χ0v) is 11.9. The SMILES string of the molecule is CC(C)(C)OC(=O)CCN[S@@+]([O-])C(C)(C)C. The molecule has 0 radical (unpaired) electrons. The van der Waals surface area contributed by atoms with Gasteiger partial charge in [-0.1, -0.05) is 0 Å². The van der Waals surface area contributed by atoms with E-state index in [0.717, 1.165) is 0 Å². The lowest BCUT2D eigenvalue weighted by molar-refractivity contribution is -0.154. The summed E-state index contributed by atoms with van der Waals surface area (Å²) in [6.07, 6.45) is 0.235. The molecule has 1 atom stereocenters. The minimum Gasteiger partial charge on any atom is -0.598 e. The molecule has 1 N–H and O–H groups in total. The van der Waals surface area contributed by atoms with Gasteiger partial charge >= 0.3 is 5.97 Å². The van der Waals surface area contributed by atoms with Crippen LogP contribution in [0.4, 0.5) is 0 Å². The van der Waals surface area contributed by atoms with Crippen LogP contribution in [-0.4, -0.2) is 27.4 Å². The van der Waals surface area contributed by atoms with Gasteiger partial charge in [0.05, 0.1) is 13.0 Å². The number of esters is 1. The first kappa shape index (κ1) is 15.7. The van der Waals surface area contributed by atoms with E-state index in [1.54, 1.807) is 0 Å². The average Bonchev–Trinajstić information content (AvgIpc) is 1.98. The molecule has 0 rings (SSSR count). The van der Waals surface area contributed by atoms with Crippen LogP contribution < -0.4 is 4.72 Å². The summed E-state index contributed by atoms with van der Waals surface area (Å²) < 4.78 is 19.2. The maximum Gasteiger partial charge on any atom is 0.307 e. The van der Waals surface area contributed by atoms with E-state index in [9.17, 15) is 9.35 Å². The van der Waals surface area contributed by atoms with E-state index in [2.05, 4.69) is 4.72 Å². The van der Waals surface area contributed by atoms with Gasteiger partial charge in [0.1, 0.15) is 10.3 Å². The van der Waals surface area contributed by atoms with Crippen LogP contribution in [-0.2, 0) is 20.9 Å². The van der Waals surface area contributed by atoms with Crippen LogP contribution in [0.15, 0.2) is 0 Å². The molecular weight excluding hydrogens is 226 g/mol. The average molecular weight is 249 g/mol. The van der Waals surface area contributed by atoms with Crippen LogP contribution in [0, 0.1) is 0 Å². The number of nitrogens with one attached hydrogen (secondary N) is 1. The molecule has 0 aromatic carbocycles. The number of carbonyl (C=O) groups excluding carboxylic acids is 1. The lowest BCUT2D eigenvalue weighted by atomic mass is 10.2. The summed E-state index contributed by atoms with van der Waals surface area (Å²) in [6, 6.07) is 0. The predicted molar refractivity (Wildman–Crippen MR) is 66.4 cm³/mol. The molecule has 5 heteroatoms. The molecule has 0 aromatic heterocycles. The molecule has 0 unspecified atom stereocenters. The smallest absolute Gasteiger partial charge is 0.307 e. The molecule has 96 valence electrons. The van der Waals surface area contributed by atoms with Gasteiger partial charge in [0, 0.05) is 11.4 Å². The van der Waals surface area contributed by atoms with Gasteiger partial charge in [-0.15, -0.1) is 4.72 Å². The minimum absolute atomic E-state index is 0.235. The van der Waals surface area contributed by atoms with Crippen molar-refractivity contribution >= 4 is 17.3 Å². The molecule has 0 aliphatic heterocycles. The highest BCUT2D eigenvalue weighted by Crippen LogP contribution is 2.13. The fraction of sp³-hybridized carbons (Fsp3) is 0.909. The third-order valence-electron chi connectivity index (χ3n) is 1.54. The number of hydrogen-bond donors (Lipinski definition) is 1. The Morgan fingerprint density at radius 1 is 1.25 bits per heavy atom. The Bertz CT molecular complexity index is 230. The first-order chi connectivity index (χ1) is 7.02. The Labute approximate surface area is 101 Å². The Morgan fingerprint density at radius 3 is 2.12 bits per heavy atom. The fourth-order valence-corrected chi connectivity index (χ4v) is 1.58. The summed E-state index contributed by atoms with van der Waals surface area (Å²) in [5, 5.41) is 0. The number of ether oxygens (including phenoxy) is 1. The minimum atomic E-state index is -1.13. The topological polar surface area (TPSA) is 61.4 Å². The van der Waals surface area contributed by atoms with Crippen molar-refractivity contribution in [3.05, 3.63) is 0 Å². The molecule has 0 aliphatic carbocycles. The highest BCUT2D eigenvalue weighted by Gasteiger charge is 2.26. The monoisotopic (exact) mass is 249 g/mol. The number of carbonyl (C=O) groups is 1. The number of hydrogen-bond acceptors (Lipinski definition) is 4. The summed E-state index contributed by atoms with van der Waals surface area (Å²) in [6.45, 7) is 11.5. The van der Waals surface area contributed by atoms with Gasteiger partial charge < -0.3 is 9.29 Å². The van der Waals surface area contributed by atoms with Crippen molar-refractivity contribution in [2.24, 2.45) is 0 Å². The van der Waals surface area contributed by atoms with Crippen molar-refractivity contribution in [2.75, 3.05) is 6.54 Å². The van der Waals surface area contributed by atoms with Gasteiger partial charge in [-0.2, -0.15) is 0 Å². The van der Waals surface area contributed by atoms with Crippen molar-refractivity contribution in [3.63, 3.8) is 0 Å². The van der Waals surface area contributed by atoms with Crippen LogP contribution in [0.25, 0.3) is 0 Å². The molecule has 16 heavy (non-hydrogen) atoms. The molecule has 4 nitrogen and oxygen atoms in total. The maximum absolute atomic E-state index is 11.6. The van der Waals surface area contributed by atoms with Crippen molar-refractivity contribution in [1.29, 1.82) is 0 Å². The second-order valence-electron chi connectivity index (χ2n) is 5.61. The van der Waals surface area contributed by atoms with E-state index in [0.29, 0.717) is 6.54 Å². The van der Waals surface area contributed by atoms with Gasteiger partial charge in [0.2, 0.25) is 0 Å². The van der Waals surface area contributed by atoms with E-state index in [-0.39, 0.29) is 17.1 Å². The van der Waals surface area contributed by atoms with Crippen molar-refractivity contribution < 1.29 is 14.1 Å². The molecule has 0 saturated heterocycles. The summed E-state index contributed by atoms with van der Waals surface area (Å²) in [7, 11) is 0. The molecule has 0 bridgehead atoms. The normalized spacial score (nSPS) is 14.7. The molecule has 0 heterocycles. The zero-order valence-electron chi connectivity index (χ0n) is 11.0. The quantitative estimate of drug-likeness (QED) is 0.609. The highest BCUT2D eigenvalue weighted by atomic mass is 32.2. The van der Waals surface area contributed by atoms with Gasteiger partial charge in [-0.25, -0.2) is 0 Å². The lowest BCUT2D eigenvalue weighted by Gasteiger charge is -2.24. The molecule has 0 saturated carbocycles. The van der Waals surface area contributed by atoms with Crippen LogP contribution in [0.2, 0.25) is 0 Å². The Kier molecular flexibility index (Phi) is 5.79. The van der Waals surface area contributed by atoms with E-state index in [1.807, 2.05) is 41.5 Å². The predicted octanol–water partition coefficient (Wildman–Crippen LogP) is 1.77. The fourth-order valence-electron chi connectivity index (χ4n) is 0.855. The third kappa shape index (κ3) is 7.96. The van der Waals surface area contributed by atoms with Crippen LogP contribution in [0.3, 0.4) is 0 Å². The van der Waals surface area contributed by atoms with E-state index in [1.165, 1.54) is 0 Å². The first-order valence-corrected chi connectivity index (χ1v) is 6.54. The second kappa shape index (κ2) is 5.89. The Hall–Kier alpha value is -0.260. The van der Waals surface area contributed by atoms with Crippen LogP contribution in [0.1, 0.15) is 48.0 Å². The standard InChI is InChI=1S/C11H23NO3S/c1-10(2,3)15-9(13)7-8-12-16(14)11(4,5)6/h12H,7-8H2,1-6H3/t16-/m0/s1. The highest BCUT2D eigenvalue weighted by molar-refractivity contribution is 7.90. The van der Waals surface area contributed by atoms with Crippen molar-refractivity contribution in [1.82, 2.24) is 4.72 Å². The largest absolute Gasteiger partial charge is 0.598 e. The van der Waals surface area contributed by atoms with Crippen LogP contribution in [0.5, 0.6) is 0 Å². The maximum atomic E-state index is 11.6. The van der Waals surface area contributed by atoms with Crippen molar-refractivity contribution in [3.8, 4) is 0 Å². The van der Waals surface area contributed by atoms with Crippen molar-refractivity contribution in [2.45, 2.75) is 58.3 Å². The Balaban J connectivity index is 3.79. The lowest BCUT2D eigenvalue weighted by Crippen LogP contribution is -2.40. The van der Waals surface area contributed by atoms with Gasteiger partial charge in [-0.05, 0) is 41.5 Å². The summed E-state index contributed by atoms with van der Waals surface area (Å²) in [4.78, 5) is 11.3. The zero-order chi connectivity index (χ0) is 13.0. The summed E-state index contributed by atoms with van der Waals surface area (Å²) in [5.41, 5.74) is -0.458. The van der Waals surface area contributed by atoms with Gasteiger partial charge in [0.15, 0.2) is 0 Å². The molecule has 0 spiro atoms. The summed E-state index contributed by atoms with van der Waals surface area (Å²) in [5.74, 6) is -0.272. The van der Waals surface area contributed by atoms with E-state index in [4.69, 9.17) is 4.74 Å². The van der Waals surface area contributed by atoms with Gasteiger partial charge in [0.25, 0.3) is 0 Å². The number of rotatable bonds is 4. The molecule has 0 amide bonds.